The summed E-state index contributed by atoms with van der Waals surface area (Å²) in [5.74, 6) is 1.70. The lowest BCUT2D eigenvalue weighted by Crippen LogP contribution is -2.38. The first-order chi connectivity index (χ1) is 14.1. The monoisotopic (exact) mass is 397 g/mol. The number of carbonyl (C=O) groups is 2. The second-order valence-corrected chi connectivity index (χ2v) is 7.56. The molecule has 8 heteroatoms. The molecule has 2 aliphatic rings. The van der Waals surface area contributed by atoms with Crippen LogP contribution in [0.25, 0.3) is 0 Å². The molecular weight excluding hydrogens is 370 g/mol. The summed E-state index contributed by atoms with van der Waals surface area (Å²) >= 11 is 0. The summed E-state index contributed by atoms with van der Waals surface area (Å²) in [6.07, 6.45) is 1.82. The van der Waals surface area contributed by atoms with Crippen molar-refractivity contribution in [3.05, 3.63) is 47.0 Å². The van der Waals surface area contributed by atoms with E-state index in [1.807, 2.05) is 36.1 Å². The van der Waals surface area contributed by atoms with E-state index in [0.717, 1.165) is 30.1 Å². The number of fused-ring (bicyclic) bond motifs is 1. The van der Waals surface area contributed by atoms with Gasteiger partial charge in [-0.1, -0.05) is 12.1 Å². The SMILES string of the molecule is CCOCc1ccc(C(=O)N2CCC[C@@H]2c2nnc3n2CCN(C(C)=O)C3)cc1. The van der Waals surface area contributed by atoms with Crippen molar-refractivity contribution in [3.8, 4) is 0 Å². The molecule has 1 atom stereocenters. The number of hydrogen-bond acceptors (Lipinski definition) is 5. The van der Waals surface area contributed by atoms with E-state index in [4.69, 9.17) is 4.74 Å². The molecule has 0 N–H and O–H groups in total. The molecule has 154 valence electrons. The molecule has 2 aliphatic heterocycles. The average Bonchev–Trinajstić information content (AvgIpc) is 3.38. The third kappa shape index (κ3) is 3.89. The van der Waals surface area contributed by atoms with Gasteiger partial charge in [-0.2, -0.15) is 0 Å². The van der Waals surface area contributed by atoms with Gasteiger partial charge in [-0.25, -0.2) is 0 Å². The lowest BCUT2D eigenvalue weighted by atomic mass is 10.1. The van der Waals surface area contributed by atoms with E-state index >= 15 is 0 Å². The first-order valence-corrected chi connectivity index (χ1v) is 10.2. The first kappa shape index (κ1) is 19.6. The number of aromatic nitrogens is 3. The molecule has 3 heterocycles. The molecule has 1 aromatic carbocycles. The third-order valence-corrected chi connectivity index (χ3v) is 5.71. The van der Waals surface area contributed by atoms with Crippen molar-refractivity contribution in [1.82, 2.24) is 24.6 Å². The summed E-state index contributed by atoms with van der Waals surface area (Å²) in [5.41, 5.74) is 1.74. The van der Waals surface area contributed by atoms with Gasteiger partial charge in [0, 0.05) is 38.7 Å². The number of benzene rings is 1. The topological polar surface area (TPSA) is 80.6 Å². The van der Waals surface area contributed by atoms with Crippen LogP contribution in [0.2, 0.25) is 0 Å². The molecule has 0 saturated carbocycles. The highest BCUT2D eigenvalue weighted by atomic mass is 16.5. The van der Waals surface area contributed by atoms with E-state index in [2.05, 4.69) is 14.8 Å². The molecule has 0 aliphatic carbocycles. The van der Waals surface area contributed by atoms with Gasteiger partial charge < -0.3 is 19.1 Å². The van der Waals surface area contributed by atoms with Crippen LogP contribution in [0.15, 0.2) is 24.3 Å². The van der Waals surface area contributed by atoms with Gasteiger partial charge in [0.1, 0.15) is 0 Å². The van der Waals surface area contributed by atoms with Gasteiger partial charge in [-0.3, -0.25) is 9.59 Å². The van der Waals surface area contributed by atoms with Crippen molar-refractivity contribution in [3.63, 3.8) is 0 Å². The first-order valence-electron chi connectivity index (χ1n) is 10.2. The Morgan fingerprint density at radius 1 is 1.14 bits per heavy atom. The van der Waals surface area contributed by atoms with Crippen molar-refractivity contribution in [2.75, 3.05) is 19.7 Å². The standard InChI is InChI=1S/C21H27N5O3/c1-3-29-14-16-6-8-17(9-7-16)21(28)25-10-4-5-18(25)20-23-22-19-13-24(15(2)27)11-12-26(19)20/h6-9,18H,3-5,10-14H2,1-2H3/t18-/m1/s1. The molecule has 2 amide bonds. The number of ether oxygens (including phenoxy) is 1. The summed E-state index contributed by atoms with van der Waals surface area (Å²) in [5, 5.41) is 8.72. The van der Waals surface area contributed by atoms with Gasteiger partial charge in [0.25, 0.3) is 5.91 Å². The molecule has 1 aromatic heterocycles. The fourth-order valence-corrected chi connectivity index (χ4v) is 4.10. The van der Waals surface area contributed by atoms with Crippen LogP contribution in [0.1, 0.15) is 60.3 Å². The second-order valence-electron chi connectivity index (χ2n) is 7.56. The molecule has 0 unspecified atom stereocenters. The Hall–Kier alpha value is -2.74. The number of amides is 2. The van der Waals surface area contributed by atoms with Crippen LogP contribution in [0.5, 0.6) is 0 Å². The highest BCUT2D eigenvalue weighted by Gasteiger charge is 2.35. The maximum atomic E-state index is 13.2. The summed E-state index contributed by atoms with van der Waals surface area (Å²) in [4.78, 5) is 28.5. The minimum atomic E-state index is -0.0734. The number of hydrogen-bond donors (Lipinski definition) is 0. The molecule has 0 spiro atoms. The number of carbonyl (C=O) groups excluding carboxylic acids is 2. The van der Waals surface area contributed by atoms with Crippen molar-refractivity contribution in [2.24, 2.45) is 0 Å². The normalized spacial score (nSPS) is 18.8. The summed E-state index contributed by atoms with van der Waals surface area (Å²) in [6.45, 7) is 7.27. The fourth-order valence-electron chi connectivity index (χ4n) is 4.10. The Bertz CT molecular complexity index is 892. The quantitative estimate of drug-likeness (QED) is 0.772. The zero-order valence-corrected chi connectivity index (χ0v) is 17.0. The van der Waals surface area contributed by atoms with Gasteiger partial charge in [0.2, 0.25) is 5.91 Å². The van der Waals surface area contributed by atoms with Gasteiger partial charge in [0.05, 0.1) is 19.2 Å². The molecule has 0 bridgehead atoms. The van der Waals surface area contributed by atoms with Crippen molar-refractivity contribution in [1.29, 1.82) is 0 Å². The number of likely N-dealkylation sites (tertiary alicyclic amines) is 1. The molecular formula is C21H27N5O3. The van der Waals surface area contributed by atoms with Crippen molar-refractivity contribution >= 4 is 11.8 Å². The van der Waals surface area contributed by atoms with Crippen LogP contribution in [-0.2, 0) is 29.2 Å². The molecule has 4 rings (SSSR count). The molecule has 0 radical (unpaired) electrons. The average molecular weight is 397 g/mol. The number of nitrogens with zero attached hydrogens (tertiary/aromatic N) is 5. The predicted octanol–water partition coefficient (Wildman–Crippen LogP) is 2.15. The minimum absolute atomic E-state index is 0.0222. The maximum absolute atomic E-state index is 13.2. The largest absolute Gasteiger partial charge is 0.377 e. The lowest BCUT2D eigenvalue weighted by Gasteiger charge is -2.29. The van der Waals surface area contributed by atoms with Crippen LogP contribution < -0.4 is 0 Å². The molecule has 2 aromatic rings. The van der Waals surface area contributed by atoms with Crippen LogP contribution in [-0.4, -0.2) is 56.1 Å². The fraction of sp³-hybridized carbons (Fsp3) is 0.524. The molecule has 29 heavy (non-hydrogen) atoms. The van der Waals surface area contributed by atoms with Crippen LogP contribution >= 0.6 is 0 Å². The third-order valence-electron chi connectivity index (χ3n) is 5.71. The highest BCUT2D eigenvalue weighted by molar-refractivity contribution is 5.94. The summed E-state index contributed by atoms with van der Waals surface area (Å²) in [7, 11) is 0. The smallest absolute Gasteiger partial charge is 0.254 e. The van der Waals surface area contributed by atoms with Gasteiger partial charge in [-0.05, 0) is 37.5 Å². The van der Waals surface area contributed by atoms with E-state index in [1.54, 1.807) is 11.8 Å². The minimum Gasteiger partial charge on any atom is -0.377 e. The van der Waals surface area contributed by atoms with E-state index in [1.165, 1.54) is 0 Å². The summed E-state index contributed by atoms with van der Waals surface area (Å²) in [6, 6.07) is 7.56. The lowest BCUT2D eigenvalue weighted by molar-refractivity contribution is -0.130. The predicted molar refractivity (Wildman–Crippen MR) is 106 cm³/mol. The zero-order chi connectivity index (χ0) is 20.4. The maximum Gasteiger partial charge on any atom is 0.254 e. The Morgan fingerprint density at radius 3 is 2.66 bits per heavy atom. The van der Waals surface area contributed by atoms with Gasteiger partial charge in [0.15, 0.2) is 11.6 Å². The van der Waals surface area contributed by atoms with E-state index < -0.39 is 0 Å². The Morgan fingerprint density at radius 2 is 1.93 bits per heavy atom. The second kappa shape index (κ2) is 8.32. The van der Waals surface area contributed by atoms with Crippen LogP contribution in [0.4, 0.5) is 0 Å². The number of rotatable bonds is 5. The van der Waals surface area contributed by atoms with E-state index in [9.17, 15) is 9.59 Å². The van der Waals surface area contributed by atoms with Gasteiger partial charge in [-0.15, -0.1) is 10.2 Å². The highest BCUT2D eigenvalue weighted by Crippen LogP contribution is 2.33. The Balaban J connectivity index is 1.51. The van der Waals surface area contributed by atoms with Gasteiger partial charge >= 0.3 is 0 Å². The Labute approximate surface area is 170 Å². The van der Waals surface area contributed by atoms with Crippen LogP contribution in [0.3, 0.4) is 0 Å². The molecule has 1 saturated heterocycles. The zero-order valence-electron chi connectivity index (χ0n) is 17.0. The molecule has 1 fully saturated rings. The molecule has 8 nitrogen and oxygen atoms in total. The summed E-state index contributed by atoms with van der Waals surface area (Å²) < 4.78 is 7.51. The van der Waals surface area contributed by atoms with E-state index in [-0.39, 0.29) is 17.9 Å². The van der Waals surface area contributed by atoms with Crippen LogP contribution in [0, 0.1) is 0 Å². The van der Waals surface area contributed by atoms with Crippen molar-refractivity contribution < 1.29 is 14.3 Å². The Kier molecular flexibility index (Phi) is 5.62. The van der Waals surface area contributed by atoms with E-state index in [0.29, 0.717) is 45.0 Å². The van der Waals surface area contributed by atoms with Crippen molar-refractivity contribution in [2.45, 2.75) is 52.4 Å².